The van der Waals surface area contributed by atoms with Gasteiger partial charge < -0.3 is 14.8 Å². The maximum absolute atomic E-state index is 12.4. The number of amides is 1. The first-order valence-corrected chi connectivity index (χ1v) is 8.66. The van der Waals surface area contributed by atoms with Gasteiger partial charge >= 0.3 is 5.97 Å². The number of aromatic nitrogens is 2. The van der Waals surface area contributed by atoms with E-state index in [4.69, 9.17) is 0 Å². The van der Waals surface area contributed by atoms with Gasteiger partial charge in [0.05, 0.1) is 5.69 Å². The Morgan fingerprint density at radius 1 is 1.23 bits per heavy atom. The number of aliphatic carboxylic acids is 1. The summed E-state index contributed by atoms with van der Waals surface area (Å²) in [5, 5.41) is 11.9. The first kappa shape index (κ1) is 17.7. The molecule has 1 atom stereocenters. The van der Waals surface area contributed by atoms with Gasteiger partial charge in [-0.3, -0.25) is 4.79 Å². The van der Waals surface area contributed by atoms with Crippen LogP contribution in [-0.2, 0) is 4.79 Å². The molecule has 26 heavy (non-hydrogen) atoms. The number of pyridine rings is 1. The minimum Gasteiger partial charge on any atom is -0.480 e. The zero-order chi connectivity index (χ0) is 18.5. The van der Waals surface area contributed by atoms with Crippen LogP contribution in [0.15, 0.2) is 54.9 Å². The van der Waals surface area contributed by atoms with E-state index >= 15 is 0 Å². The van der Waals surface area contributed by atoms with Crippen LogP contribution in [0.4, 0.5) is 0 Å². The topological polar surface area (TPSA) is 83.7 Å². The number of carboxylic acids is 1. The number of carbonyl (C=O) groups is 2. The molecule has 134 valence electrons. The van der Waals surface area contributed by atoms with Crippen molar-refractivity contribution in [2.75, 3.05) is 0 Å². The number of fused-ring (bicyclic) bond motifs is 1. The summed E-state index contributed by atoms with van der Waals surface area (Å²) in [7, 11) is 0. The van der Waals surface area contributed by atoms with Gasteiger partial charge in [-0.1, -0.05) is 50.1 Å². The number of imidazole rings is 1. The van der Waals surface area contributed by atoms with Crippen LogP contribution in [0.3, 0.4) is 0 Å². The fraction of sp³-hybridized carbons (Fsp3) is 0.250. The highest BCUT2D eigenvalue weighted by molar-refractivity contribution is 5.97. The predicted molar refractivity (Wildman–Crippen MR) is 99.0 cm³/mol. The smallest absolute Gasteiger partial charge is 0.326 e. The van der Waals surface area contributed by atoms with Crippen LogP contribution in [0.25, 0.3) is 16.9 Å². The molecule has 6 heteroatoms. The molecule has 0 spiro atoms. The van der Waals surface area contributed by atoms with Crippen LogP contribution in [0, 0.1) is 0 Å². The van der Waals surface area contributed by atoms with Gasteiger partial charge in [-0.25, -0.2) is 9.78 Å². The van der Waals surface area contributed by atoms with Crippen molar-refractivity contribution >= 4 is 17.5 Å². The molecule has 2 N–H and O–H groups in total. The van der Waals surface area contributed by atoms with E-state index in [0.29, 0.717) is 17.6 Å². The highest BCUT2D eigenvalue weighted by Gasteiger charge is 2.20. The average molecular weight is 351 g/mol. The molecule has 0 radical (unpaired) electrons. The first-order valence-electron chi connectivity index (χ1n) is 8.66. The van der Waals surface area contributed by atoms with Crippen molar-refractivity contribution in [3.05, 3.63) is 60.4 Å². The summed E-state index contributed by atoms with van der Waals surface area (Å²) in [6.45, 7) is 1.98. The number of nitrogens with one attached hydrogen (secondary N) is 1. The summed E-state index contributed by atoms with van der Waals surface area (Å²) in [6, 6.07) is 12.2. The van der Waals surface area contributed by atoms with E-state index < -0.39 is 17.9 Å². The number of rotatable bonds is 7. The quantitative estimate of drug-likeness (QED) is 0.683. The third-order valence-corrected chi connectivity index (χ3v) is 4.24. The van der Waals surface area contributed by atoms with Crippen LogP contribution < -0.4 is 5.32 Å². The lowest BCUT2D eigenvalue weighted by molar-refractivity contribution is -0.139. The van der Waals surface area contributed by atoms with Crippen LogP contribution >= 0.6 is 0 Å². The fourth-order valence-corrected chi connectivity index (χ4v) is 2.78. The molecule has 0 saturated heterocycles. The molecule has 0 bridgehead atoms. The molecule has 0 fully saturated rings. The molecule has 1 aromatic carbocycles. The van der Waals surface area contributed by atoms with Gasteiger partial charge in [0.2, 0.25) is 0 Å². The summed E-state index contributed by atoms with van der Waals surface area (Å²) in [6.07, 6.45) is 5.69. The van der Waals surface area contributed by atoms with Gasteiger partial charge in [0, 0.05) is 23.5 Å². The Balaban J connectivity index is 1.82. The van der Waals surface area contributed by atoms with Gasteiger partial charge in [-0.2, -0.15) is 0 Å². The molecule has 0 saturated carbocycles. The number of benzene rings is 1. The summed E-state index contributed by atoms with van der Waals surface area (Å²) < 4.78 is 1.84. The summed E-state index contributed by atoms with van der Waals surface area (Å²) in [4.78, 5) is 28.3. The molecule has 1 unspecified atom stereocenters. The maximum atomic E-state index is 12.4. The van der Waals surface area contributed by atoms with E-state index in [9.17, 15) is 14.7 Å². The molecule has 0 aliphatic heterocycles. The zero-order valence-corrected chi connectivity index (χ0v) is 14.6. The maximum Gasteiger partial charge on any atom is 0.326 e. The highest BCUT2D eigenvalue weighted by Crippen LogP contribution is 2.19. The van der Waals surface area contributed by atoms with E-state index in [1.54, 1.807) is 18.3 Å². The number of carboxylic acid groups (broad SMARTS) is 1. The minimum absolute atomic E-state index is 0.394. The van der Waals surface area contributed by atoms with E-state index in [1.165, 1.54) is 0 Å². The van der Waals surface area contributed by atoms with Crippen molar-refractivity contribution < 1.29 is 14.7 Å². The van der Waals surface area contributed by atoms with E-state index in [0.717, 1.165) is 24.1 Å². The van der Waals surface area contributed by atoms with E-state index in [-0.39, 0.29) is 0 Å². The van der Waals surface area contributed by atoms with Crippen molar-refractivity contribution in [3.8, 4) is 11.3 Å². The summed E-state index contributed by atoms with van der Waals surface area (Å²) in [5.74, 6) is -1.42. The Morgan fingerprint density at radius 3 is 2.69 bits per heavy atom. The predicted octanol–water partition coefficient (Wildman–Crippen LogP) is 3.37. The molecule has 3 aromatic rings. The lowest BCUT2D eigenvalue weighted by Crippen LogP contribution is -2.40. The third kappa shape index (κ3) is 3.91. The third-order valence-electron chi connectivity index (χ3n) is 4.24. The molecular weight excluding hydrogens is 330 g/mol. The average Bonchev–Trinajstić information content (AvgIpc) is 3.08. The second-order valence-corrected chi connectivity index (χ2v) is 6.18. The van der Waals surface area contributed by atoms with Crippen molar-refractivity contribution in [1.82, 2.24) is 14.7 Å². The zero-order valence-electron chi connectivity index (χ0n) is 14.6. The molecule has 2 aromatic heterocycles. The molecule has 3 rings (SSSR count). The molecule has 1 amide bonds. The van der Waals surface area contributed by atoms with Crippen molar-refractivity contribution in [3.63, 3.8) is 0 Å². The Kier molecular flexibility index (Phi) is 5.31. The lowest BCUT2D eigenvalue weighted by Gasteiger charge is -2.14. The lowest BCUT2D eigenvalue weighted by atomic mass is 10.1. The van der Waals surface area contributed by atoms with E-state index in [1.807, 2.05) is 47.9 Å². The van der Waals surface area contributed by atoms with E-state index in [2.05, 4.69) is 10.3 Å². The Bertz CT molecular complexity index is 918. The second-order valence-electron chi connectivity index (χ2n) is 6.18. The number of hydrogen-bond donors (Lipinski definition) is 2. The first-order chi connectivity index (χ1) is 12.6. The van der Waals surface area contributed by atoms with Crippen LogP contribution in [0.1, 0.15) is 36.5 Å². The Morgan fingerprint density at radius 2 is 2.00 bits per heavy atom. The monoisotopic (exact) mass is 351 g/mol. The Hall–Kier alpha value is -3.15. The molecule has 0 aliphatic carbocycles. The molecule has 6 nitrogen and oxygen atoms in total. The van der Waals surface area contributed by atoms with Gasteiger partial charge in [-0.05, 0) is 18.6 Å². The number of nitrogens with zero attached hydrogens (tertiary/aromatic N) is 2. The van der Waals surface area contributed by atoms with Crippen LogP contribution in [-0.4, -0.2) is 32.4 Å². The van der Waals surface area contributed by atoms with Crippen LogP contribution in [0.5, 0.6) is 0 Å². The van der Waals surface area contributed by atoms with Crippen LogP contribution in [0.2, 0.25) is 0 Å². The van der Waals surface area contributed by atoms with Crippen molar-refractivity contribution in [2.45, 2.75) is 32.2 Å². The van der Waals surface area contributed by atoms with Gasteiger partial charge in [0.25, 0.3) is 5.91 Å². The normalized spacial score (nSPS) is 12.0. The van der Waals surface area contributed by atoms with Crippen molar-refractivity contribution in [1.29, 1.82) is 0 Å². The molecular formula is C20H21N3O3. The SMILES string of the molecule is CCCCC(NC(=O)c1ccn2cc(-c3ccccc3)nc2c1)C(=O)O. The minimum atomic E-state index is -1.01. The van der Waals surface area contributed by atoms with Gasteiger partial charge in [0.15, 0.2) is 0 Å². The Labute approximate surface area is 151 Å². The van der Waals surface area contributed by atoms with Gasteiger partial charge in [-0.15, -0.1) is 0 Å². The largest absolute Gasteiger partial charge is 0.480 e. The highest BCUT2D eigenvalue weighted by atomic mass is 16.4. The fourth-order valence-electron chi connectivity index (χ4n) is 2.78. The molecule has 0 aliphatic rings. The number of hydrogen-bond acceptors (Lipinski definition) is 3. The summed E-state index contributed by atoms with van der Waals surface area (Å²) >= 11 is 0. The standard InChI is InChI=1S/C20H21N3O3/c1-2-3-9-16(20(25)26)22-19(24)15-10-11-23-13-17(21-18(23)12-15)14-7-5-4-6-8-14/h4-8,10-13,16H,2-3,9H2,1H3,(H,22,24)(H,25,26). The second kappa shape index (κ2) is 7.82. The number of carbonyl (C=O) groups excluding carboxylic acids is 1. The van der Waals surface area contributed by atoms with Crippen molar-refractivity contribution in [2.24, 2.45) is 0 Å². The molecule has 2 heterocycles. The number of unbranched alkanes of at least 4 members (excludes halogenated alkanes) is 1. The summed E-state index contributed by atoms with van der Waals surface area (Å²) in [5.41, 5.74) is 2.84. The van der Waals surface area contributed by atoms with Gasteiger partial charge in [0.1, 0.15) is 11.7 Å².